The van der Waals surface area contributed by atoms with Crippen LogP contribution >= 0.6 is 0 Å². The van der Waals surface area contributed by atoms with Gasteiger partial charge in [-0.25, -0.2) is 4.79 Å². The third-order valence-corrected chi connectivity index (χ3v) is 3.78. The maximum absolute atomic E-state index is 12.1. The number of carbonyl (C=O) groups is 2. The van der Waals surface area contributed by atoms with Crippen LogP contribution in [0.5, 0.6) is 0 Å². The van der Waals surface area contributed by atoms with Crippen molar-refractivity contribution in [1.29, 1.82) is 0 Å². The molecular formula is C17H14N2O7. The van der Waals surface area contributed by atoms with Crippen LogP contribution in [0.4, 0.5) is 11.4 Å². The minimum Gasteiger partial charge on any atom is -0.454 e. The molecule has 0 unspecified atom stereocenters. The Hall–Kier alpha value is -3.62. The van der Waals surface area contributed by atoms with Gasteiger partial charge in [0.2, 0.25) is 5.78 Å². The summed E-state index contributed by atoms with van der Waals surface area (Å²) in [6.07, 6.45) is 0. The number of nitro benzene ring substituents is 2. The standard InChI is InChI=1S/C17H14N2O7/c1-10-6-7-12(8-15(10)19(24)25)16(20)9-26-17(21)13-4-3-5-14(11(13)2)18(22)23/h3-8H,9H2,1-2H3. The van der Waals surface area contributed by atoms with Crippen LogP contribution in [0.15, 0.2) is 36.4 Å². The molecule has 0 heterocycles. The fraction of sp³-hybridized carbons (Fsp3) is 0.176. The Morgan fingerprint density at radius 1 is 1.00 bits per heavy atom. The molecule has 0 spiro atoms. The first-order valence-electron chi connectivity index (χ1n) is 7.41. The van der Waals surface area contributed by atoms with Gasteiger partial charge in [-0.3, -0.25) is 25.0 Å². The lowest BCUT2D eigenvalue weighted by Crippen LogP contribution is -2.15. The van der Waals surface area contributed by atoms with Crippen LogP contribution in [0, 0.1) is 34.1 Å². The van der Waals surface area contributed by atoms with Crippen LogP contribution in [-0.4, -0.2) is 28.2 Å². The van der Waals surface area contributed by atoms with Gasteiger partial charge in [-0.05, 0) is 19.9 Å². The Balaban J connectivity index is 2.14. The molecule has 9 heteroatoms. The van der Waals surface area contributed by atoms with Crippen LogP contribution in [-0.2, 0) is 4.74 Å². The van der Waals surface area contributed by atoms with Crippen LogP contribution < -0.4 is 0 Å². The molecule has 0 fully saturated rings. The molecule has 9 nitrogen and oxygen atoms in total. The molecule has 0 amide bonds. The minimum absolute atomic E-state index is 0.0260. The fourth-order valence-electron chi connectivity index (χ4n) is 2.31. The lowest BCUT2D eigenvalue weighted by molar-refractivity contribution is -0.385. The van der Waals surface area contributed by atoms with E-state index in [-0.39, 0.29) is 28.1 Å². The number of nitrogens with zero attached hydrogens (tertiary/aromatic N) is 2. The normalized spacial score (nSPS) is 10.2. The second kappa shape index (κ2) is 7.51. The van der Waals surface area contributed by atoms with Crippen molar-refractivity contribution < 1.29 is 24.2 Å². The molecular weight excluding hydrogens is 344 g/mol. The number of carbonyl (C=O) groups excluding carboxylic acids is 2. The van der Waals surface area contributed by atoms with Gasteiger partial charge < -0.3 is 4.74 Å². The number of nitro groups is 2. The smallest absolute Gasteiger partial charge is 0.339 e. The summed E-state index contributed by atoms with van der Waals surface area (Å²) in [4.78, 5) is 44.8. The van der Waals surface area contributed by atoms with Gasteiger partial charge in [0.15, 0.2) is 6.61 Å². The Bertz CT molecular complexity index is 921. The van der Waals surface area contributed by atoms with E-state index in [9.17, 15) is 29.8 Å². The molecule has 0 radical (unpaired) electrons. The number of esters is 1. The van der Waals surface area contributed by atoms with Crippen molar-refractivity contribution in [3.63, 3.8) is 0 Å². The van der Waals surface area contributed by atoms with Crippen molar-refractivity contribution >= 4 is 23.1 Å². The SMILES string of the molecule is Cc1ccc(C(=O)COC(=O)c2cccc([N+](=O)[O-])c2C)cc1[N+](=O)[O-]. The average Bonchev–Trinajstić information content (AvgIpc) is 2.59. The molecule has 134 valence electrons. The average molecular weight is 358 g/mol. The summed E-state index contributed by atoms with van der Waals surface area (Å²) in [5.41, 5.74) is 0.0843. The lowest BCUT2D eigenvalue weighted by atomic mass is 10.1. The molecule has 26 heavy (non-hydrogen) atoms. The third-order valence-electron chi connectivity index (χ3n) is 3.78. The Kier molecular flexibility index (Phi) is 5.41. The van der Waals surface area contributed by atoms with E-state index >= 15 is 0 Å². The Morgan fingerprint density at radius 3 is 2.27 bits per heavy atom. The van der Waals surface area contributed by atoms with Crippen LogP contribution in [0.25, 0.3) is 0 Å². The van der Waals surface area contributed by atoms with Gasteiger partial charge in [0.05, 0.1) is 15.4 Å². The third kappa shape index (κ3) is 3.89. The fourth-order valence-corrected chi connectivity index (χ4v) is 2.31. The predicted molar refractivity (Wildman–Crippen MR) is 90.3 cm³/mol. The Labute approximate surface area is 147 Å². The molecule has 0 aromatic heterocycles. The number of aryl methyl sites for hydroxylation is 1. The number of rotatable bonds is 6. The van der Waals surface area contributed by atoms with Crippen molar-refractivity contribution in [1.82, 2.24) is 0 Å². The van der Waals surface area contributed by atoms with Gasteiger partial charge >= 0.3 is 5.97 Å². The molecule has 0 saturated carbocycles. The summed E-state index contributed by atoms with van der Waals surface area (Å²) >= 11 is 0. The largest absolute Gasteiger partial charge is 0.454 e. The summed E-state index contributed by atoms with van der Waals surface area (Å²) in [6, 6.07) is 7.89. The van der Waals surface area contributed by atoms with Gasteiger partial charge in [-0.2, -0.15) is 0 Å². The predicted octanol–water partition coefficient (Wildman–Crippen LogP) is 3.16. The minimum atomic E-state index is -0.888. The highest BCUT2D eigenvalue weighted by atomic mass is 16.6. The van der Waals surface area contributed by atoms with Gasteiger partial charge in [0.25, 0.3) is 11.4 Å². The number of hydrogen-bond acceptors (Lipinski definition) is 7. The second-order valence-electron chi connectivity index (χ2n) is 5.46. The zero-order chi connectivity index (χ0) is 19.4. The summed E-state index contributed by atoms with van der Waals surface area (Å²) < 4.78 is 4.91. The monoisotopic (exact) mass is 358 g/mol. The highest BCUT2D eigenvalue weighted by Gasteiger charge is 2.21. The maximum Gasteiger partial charge on any atom is 0.339 e. The first-order valence-corrected chi connectivity index (χ1v) is 7.41. The summed E-state index contributed by atoms with van der Waals surface area (Å²) in [6.45, 7) is 2.30. The highest BCUT2D eigenvalue weighted by molar-refractivity contribution is 6.00. The topological polar surface area (TPSA) is 130 Å². The molecule has 0 aliphatic heterocycles. The van der Waals surface area contributed by atoms with Crippen LogP contribution in [0.3, 0.4) is 0 Å². The molecule has 2 aromatic rings. The number of Topliss-reactive ketones (excluding diaryl/α,β-unsaturated/α-hetero) is 1. The molecule has 0 saturated heterocycles. The van der Waals surface area contributed by atoms with Crippen molar-refractivity contribution in [2.45, 2.75) is 13.8 Å². The number of benzene rings is 2. The summed E-state index contributed by atoms with van der Waals surface area (Å²) in [5.74, 6) is -1.51. The molecule has 0 aliphatic rings. The molecule has 0 bridgehead atoms. The molecule has 2 aromatic carbocycles. The van der Waals surface area contributed by atoms with Crippen molar-refractivity contribution in [3.8, 4) is 0 Å². The molecule has 0 atom stereocenters. The van der Waals surface area contributed by atoms with Crippen molar-refractivity contribution in [2.75, 3.05) is 6.61 Å². The molecule has 0 N–H and O–H groups in total. The van der Waals surface area contributed by atoms with Gasteiger partial charge in [0, 0.05) is 28.8 Å². The van der Waals surface area contributed by atoms with E-state index in [1.54, 1.807) is 0 Å². The molecule has 2 rings (SSSR count). The van der Waals surface area contributed by atoms with E-state index in [0.717, 1.165) is 6.07 Å². The zero-order valence-corrected chi connectivity index (χ0v) is 13.9. The maximum atomic E-state index is 12.1. The van der Waals surface area contributed by atoms with E-state index in [0.29, 0.717) is 5.56 Å². The van der Waals surface area contributed by atoms with Gasteiger partial charge in [0.1, 0.15) is 0 Å². The number of ether oxygens (including phenoxy) is 1. The second-order valence-corrected chi connectivity index (χ2v) is 5.46. The van der Waals surface area contributed by atoms with Crippen molar-refractivity contribution in [2.24, 2.45) is 0 Å². The van der Waals surface area contributed by atoms with Crippen LogP contribution in [0.2, 0.25) is 0 Å². The summed E-state index contributed by atoms with van der Waals surface area (Å²) in [5, 5.41) is 21.8. The summed E-state index contributed by atoms with van der Waals surface area (Å²) in [7, 11) is 0. The Morgan fingerprint density at radius 2 is 1.65 bits per heavy atom. The first-order chi connectivity index (χ1) is 12.2. The highest BCUT2D eigenvalue weighted by Crippen LogP contribution is 2.22. The van der Waals surface area contributed by atoms with Crippen LogP contribution in [0.1, 0.15) is 31.8 Å². The van der Waals surface area contributed by atoms with E-state index in [1.807, 2.05) is 0 Å². The zero-order valence-electron chi connectivity index (χ0n) is 13.9. The first kappa shape index (κ1) is 18.7. The van der Waals surface area contributed by atoms with Gasteiger partial charge in [-0.1, -0.05) is 18.2 Å². The quantitative estimate of drug-likeness (QED) is 0.335. The number of ketones is 1. The van der Waals surface area contributed by atoms with Crippen molar-refractivity contribution in [3.05, 3.63) is 78.9 Å². The van der Waals surface area contributed by atoms with E-state index in [4.69, 9.17) is 4.74 Å². The number of hydrogen-bond donors (Lipinski definition) is 0. The molecule has 0 aliphatic carbocycles. The van der Waals surface area contributed by atoms with E-state index in [2.05, 4.69) is 0 Å². The van der Waals surface area contributed by atoms with E-state index < -0.39 is 28.2 Å². The van der Waals surface area contributed by atoms with Gasteiger partial charge in [-0.15, -0.1) is 0 Å². The lowest BCUT2D eigenvalue weighted by Gasteiger charge is -2.07. The van der Waals surface area contributed by atoms with E-state index in [1.165, 1.54) is 44.2 Å².